The second-order valence-electron chi connectivity index (χ2n) is 4.42. The number of carboxylic acids is 2. The maximum Gasteiger partial charge on any atom is 0.321 e. The van der Waals surface area contributed by atoms with Gasteiger partial charge in [-0.2, -0.15) is 13.1 Å². The van der Waals surface area contributed by atoms with E-state index in [1.807, 2.05) is 4.72 Å². The van der Waals surface area contributed by atoms with Crippen molar-refractivity contribution in [1.82, 2.24) is 4.72 Å². The van der Waals surface area contributed by atoms with Gasteiger partial charge in [0.25, 0.3) is 10.2 Å². The summed E-state index contributed by atoms with van der Waals surface area (Å²) < 4.78 is 27.8. The minimum Gasteiger partial charge on any atom is -0.481 e. The first-order valence-corrected chi connectivity index (χ1v) is 7.49. The maximum atomic E-state index is 11.8. The highest BCUT2D eigenvalue weighted by molar-refractivity contribution is 7.90. The second kappa shape index (κ2) is 8.32. The molecular formula is C12H18N2O7S. The zero-order valence-electron chi connectivity index (χ0n) is 11.7. The average Bonchev–Trinajstić information content (AvgIpc) is 2.33. The van der Waals surface area contributed by atoms with Crippen molar-refractivity contribution in [2.45, 2.75) is 25.8 Å². The molecule has 22 heavy (non-hydrogen) atoms. The standard InChI is InChI=1S/C12H16N2O6S.H2O/c1-8-3-2-4-9(7-8)13-21(19,20)14-10(12(17)18)5-6-11(15)16;/h2-4,7,10,13-14H,5-6H2,1H3,(H,15,16)(H,17,18);1H2/t10-;/m0./s1. The Bertz CT molecular complexity index is 630. The molecular weight excluding hydrogens is 316 g/mol. The normalized spacial score (nSPS) is 12.0. The summed E-state index contributed by atoms with van der Waals surface area (Å²) in [5, 5.41) is 17.4. The molecule has 0 fully saturated rings. The number of hydrogen-bond donors (Lipinski definition) is 4. The summed E-state index contributed by atoms with van der Waals surface area (Å²) in [6, 6.07) is 5.00. The lowest BCUT2D eigenvalue weighted by Crippen LogP contribution is -2.43. The van der Waals surface area contributed by atoms with Gasteiger partial charge in [-0.25, -0.2) is 0 Å². The molecule has 0 bridgehead atoms. The summed E-state index contributed by atoms with van der Waals surface area (Å²) in [5.74, 6) is -2.64. The van der Waals surface area contributed by atoms with E-state index in [1.165, 1.54) is 6.07 Å². The second-order valence-corrected chi connectivity index (χ2v) is 5.86. The number of carboxylic acid groups (broad SMARTS) is 2. The van der Waals surface area contributed by atoms with Crippen LogP contribution in [0.4, 0.5) is 5.69 Å². The van der Waals surface area contributed by atoms with Crippen molar-refractivity contribution in [3.8, 4) is 0 Å². The van der Waals surface area contributed by atoms with Crippen LogP contribution < -0.4 is 9.44 Å². The highest BCUT2D eigenvalue weighted by atomic mass is 32.2. The fourth-order valence-electron chi connectivity index (χ4n) is 1.58. The van der Waals surface area contributed by atoms with Crippen molar-refractivity contribution in [2.75, 3.05) is 4.72 Å². The largest absolute Gasteiger partial charge is 0.481 e. The summed E-state index contributed by atoms with van der Waals surface area (Å²) >= 11 is 0. The van der Waals surface area contributed by atoms with Gasteiger partial charge in [0.1, 0.15) is 6.04 Å². The molecule has 0 aliphatic carbocycles. The van der Waals surface area contributed by atoms with E-state index in [2.05, 4.69) is 4.72 Å². The fraction of sp³-hybridized carbons (Fsp3) is 0.333. The number of aryl methyl sites for hydroxylation is 1. The Morgan fingerprint density at radius 3 is 2.41 bits per heavy atom. The molecule has 0 heterocycles. The number of nitrogens with one attached hydrogen (secondary N) is 2. The first-order chi connectivity index (χ1) is 9.69. The molecule has 0 amide bonds. The molecule has 1 aromatic carbocycles. The maximum absolute atomic E-state index is 11.8. The predicted molar refractivity (Wildman–Crippen MR) is 78.8 cm³/mol. The van der Waals surface area contributed by atoms with Gasteiger partial charge in [-0.1, -0.05) is 12.1 Å². The van der Waals surface area contributed by atoms with Gasteiger partial charge < -0.3 is 15.7 Å². The molecule has 10 heteroatoms. The number of anilines is 1. The Kier molecular flexibility index (Phi) is 7.50. The van der Waals surface area contributed by atoms with Crippen LogP contribution in [-0.4, -0.2) is 42.1 Å². The molecule has 0 aromatic heterocycles. The van der Waals surface area contributed by atoms with Crippen molar-refractivity contribution in [2.24, 2.45) is 0 Å². The molecule has 6 N–H and O–H groups in total. The van der Waals surface area contributed by atoms with E-state index >= 15 is 0 Å². The van der Waals surface area contributed by atoms with Crippen molar-refractivity contribution in [3.63, 3.8) is 0 Å². The van der Waals surface area contributed by atoms with Gasteiger partial charge in [0, 0.05) is 12.1 Å². The quantitative estimate of drug-likeness (QED) is 0.511. The Labute approximate surface area is 127 Å². The van der Waals surface area contributed by atoms with Gasteiger partial charge in [-0.05, 0) is 31.0 Å². The van der Waals surface area contributed by atoms with E-state index in [9.17, 15) is 18.0 Å². The van der Waals surface area contributed by atoms with E-state index in [-0.39, 0.29) is 17.6 Å². The molecule has 0 unspecified atom stereocenters. The van der Waals surface area contributed by atoms with Crippen LogP contribution in [0.5, 0.6) is 0 Å². The number of aliphatic carboxylic acids is 2. The van der Waals surface area contributed by atoms with Crippen LogP contribution in [-0.2, 0) is 19.8 Å². The summed E-state index contributed by atoms with van der Waals surface area (Å²) in [7, 11) is -4.12. The minimum absolute atomic E-state index is 0. The van der Waals surface area contributed by atoms with Gasteiger partial charge in [0.2, 0.25) is 0 Å². The lowest BCUT2D eigenvalue weighted by Gasteiger charge is -2.15. The Hall–Kier alpha value is -2.17. The first kappa shape index (κ1) is 19.8. The molecule has 0 aliphatic rings. The Balaban J connectivity index is 0.00000441. The van der Waals surface area contributed by atoms with E-state index in [4.69, 9.17) is 10.2 Å². The SMILES string of the molecule is Cc1cccc(NS(=O)(=O)N[C@@H](CCC(=O)O)C(=O)O)c1.O. The smallest absolute Gasteiger partial charge is 0.321 e. The van der Waals surface area contributed by atoms with Crippen LogP contribution in [0.3, 0.4) is 0 Å². The highest BCUT2D eigenvalue weighted by Crippen LogP contribution is 2.11. The van der Waals surface area contributed by atoms with Crippen molar-refractivity contribution < 1.29 is 33.7 Å². The Morgan fingerprint density at radius 2 is 1.91 bits per heavy atom. The summed E-state index contributed by atoms with van der Waals surface area (Å²) in [4.78, 5) is 21.4. The average molecular weight is 334 g/mol. The zero-order chi connectivity index (χ0) is 16.0. The molecule has 1 rings (SSSR count). The molecule has 0 spiro atoms. The highest BCUT2D eigenvalue weighted by Gasteiger charge is 2.24. The van der Waals surface area contributed by atoms with E-state index < -0.39 is 34.6 Å². The van der Waals surface area contributed by atoms with Gasteiger partial charge in [0.05, 0.1) is 0 Å². The predicted octanol–water partition coefficient (Wildman–Crippen LogP) is -0.265. The summed E-state index contributed by atoms with van der Waals surface area (Å²) in [6.07, 6.45) is -0.802. The molecule has 9 nitrogen and oxygen atoms in total. The van der Waals surface area contributed by atoms with Gasteiger partial charge in [-0.15, -0.1) is 0 Å². The third-order valence-electron chi connectivity index (χ3n) is 2.51. The lowest BCUT2D eigenvalue weighted by atomic mass is 10.2. The first-order valence-electron chi connectivity index (χ1n) is 6.01. The van der Waals surface area contributed by atoms with Crippen LogP contribution >= 0.6 is 0 Å². The number of benzene rings is 1. The van der Waals surface area contributed by atoms with Crippen LogP contribution in [0.25, 0.3) is 0 Å². The number of hydrogen-bond acceptors (Lipinski definition) is 4. The molecule has 1 atom stereocenters. The fourth-order valence-corrected chi connectivity index (χ4v) is 2.67. The summed E-state index contributed by atoms with van der Waals surface area (Å²) in [6.45, 7) is 1.78. The van der Waals surface area contributed by atoms with Crippen LogP contribution in [0, 0.1) is 6.92 Å². The molecule has 0 aliphatic heterocycles. The van der Waals surface area contributed by atoms with Crippen molar-refractivity contribution >= 4 is 27.8 Å². The van der Waals surface area contributed by atoms with Gasteiger partial charge in [0.15, 0.2) is 0 Å². The minimum atomic E-state index is -4.12. The van der Waals surface area contributed by atoms with Crippen molar-refractivity contribution in [3.05, 3.63) is 29.8 Å². The molecule has 0 saturated heterocycles. The molecule has 0 saturated carbocycles. The lowest BCUT2D eigenvalue weighted by molar-refractivity contribution is -0.140. The van der Waals surface area contributed by atoms with E-state index in [1.54, 1.807) is 25.1 Å². The summed E-state index contributed by atoms with van der Waals surface area (Å²) in [5.41, 5.74) is 1.11. The van der Waals surface area contributed by atoms with E-state index in [0.29, 0.717) is 0 Å². The molecule has 0 radical (unpaired) electrons. The third-order valence-corrected chi connectivity index (χ3v) is 3.61. The van der Waals surface area contributed by atoms with Gasteiger partial charge >= 0.3 is 11.9 Å². The van der Waals surface area contributed by atoms with E-state index in [0.717, 1.165) is 5.56 Å². The topological polar surface area (TPSA) is 164 Å². The Morgan fingerprint density at radius 1 is 1.27 bits per heavy atom. The third kappa shape index (κ3) is 7.02. The molecule has 1 aromatic rings. The zero-order valence-corrected chi connectivity index (χ0v) is 12.6. The van der Waals surface area contributed by atoms with Crippen LogP contribution in [0.1, 0.15) is 18.4 Å². The van der Waals surface area contributed by atoms with Crippen LogP contribution in [0.15, 0.2) is 24.3 Å². The van der Waals surface area contributed by atoms with Crippen LogP contribution in [0.2, 0.25) is 0 Å². The monoisotopic (exact) mass is 334 g/mol. The molecule has 124 valence electrons. The van der Waals surface area contributed by atoms with Crippen molar-refractivity contribution in [1.29, 1.82) is 0 Å². The van der Waals surface area contributed by atoms with Gasteiger partial charge in [-0.3, -0.25) is 14.3 Å². The number of rotatable bonds is 8. The number of carbonyl (C=O) groups is 2.